The number of carbonyl (C=O) groups is 1. The van der Waals surface area contributed by atoms with Crippen molar-refractivity contribution in [3.05, 3.63) is 17.5 Å². The zero-order valence-corrected chi connectivity index (χ0v) is 12.3. The van der Waals surface area contributed by atoms with Gasteiger partial charge in [-0.25, -0.2) is 0 Å². The van der Waals surface area contributed by atoms with E-state index in [-0.39, 0.29) is 5.91 Å². The van der Waals surface area contributed by atoms with Gasteiger partial charge < -0.3 is 4.90 Å². The summed E-state index contributed by atoms with van der Waals surface area (Å²) in [6, 6.07) is 2.43. The van der Waals surface area contributed by atoms with Gasteiger partial charge in [-0.05, 0) is 25.8 Å². The van der Waals surface area contributed by atoms with E-state index in [0.717, 1.165) is 31.9 Å². The molecular formula is C14H24N4O. The van der Waals surface area contributed by atoms with Gasteiger partial charge in [-0.1, -0.05) is 13.8 Å². The third-order valence-electron chi connectivity index (χ3n) is 3.77. The molecule has 19 heavy (non-hydrogen) atoms. The molecule has 1 aliphatic rings. The summed E-state index contributed by atoms with van der Waals surface area (Å²) in [5.41, 5.74) is 1.56. The largest absolute Gasteiger partial charge is 0.335 e. The van der Waals surface area contributed by atoms with Crippen LogP contribution in [0.15, 0.2) is 6.07 Å². The smallest absolute Gasteiger partial charge is 0.274 e. The van der Waals surface area contributed by atoms with Crippen LogP contribution in [-0.2, 0) is 0 Å². The maximum absolute atomic E-state index is 12.3. The molecule has 0 bridgehead atoms. The summed E-state index contributed by atoms with van der Waals surface area (Å²) in [7, 11) is 0. The minimum Gasteiger partial charge on any atom is -0.335 e. The number of aromatic amines is 1. The zero-order chi connectivity index (χ0) is 14.0. The van der Waals surface area contributed by atoms with Crippen LogP contribution in [-0.4, -0.2) is 58.1 Å². The van der Waals surface area contributed by atoms with E-state index in [0.29, 0.717) is 17.7 Å². The molecule has 5 nitrogen and oxygen atoms in total. The van der Waals surface area contributed by atoms with Crippen LogP contribution in [0.3, 0.4) is 0 Å². The molecule has 1 saturated heterocycles. The predicted octanol–water partition coefficient (Wildman–Crippen LogP) is 1.70. The van der Waals surface area contributed by atoms with Crippen molar-refractivity contribution in [1.82, 2.24) is 20.0 Å². The molecule has 1 aromatic heterocycles. The number of hydrogen-bond acceptors (Lipinski definition) is 3. The summed E-state index contributed by atoms with van der Waals surface area (Å²) >= 11 is 0. The first-order chi connectivity index (χ1) is 8.99. The summed E-state index contributed by atoms with van der Waals surface area (Å²) in [5, 5.41) is 7.08. The fraction of sp³-hybridized carbons (Fsp3) is 0.714. The topological polar surface area (TPSA) is 52.2 Å². The van der Waals surface area contributed by atoms with Crippen LogP contribution in [0.2, 0.25) is 0 Å². The molecule has 1 amide bonds. The Labute approximate surface area is 115 Å². The van der Waals surface area contributed by atoms with E-state index in [2.05, 4.69) is 42.8 Å². The second kappa shape index (κ2) is 5.74. The summed E-state index contributed by atoms with van der Waals surface area (Å²) in [5.74, 6) is 0.415. The molecule has 1 aliphatic heterocycles. The van der Waals surface area contributed by atoms with Crippen molar-refractivity contribution >= 4 is 5.91 Å². The first-order valence-corrected chi connectivity index (χ1v) is 7.07. The number of aromatic nitrogens is 2. The third kappa shape index (κ3) is 3.15. The SMILES string of the molecule is CC(C)c1cc(C(=O)N2CCN(C(C)C)CC2)n[nH]1. The number of carbonyl (C=O) groups excluding carboxylic acids is 1. The van der Waals surface area contributed by atoms with Crippen molar-refractivity contribution in [3.63, 3.8) is 0 Å². The lowest BCUT2D eigenvalue weighted by atomic mass is 10.1. The predicted molar refractivity (Wildman–Crippen MR) is 75.3 cm³/mol. The molecule has 106 valence electrons. The molecule has 1 fully saturated rings. The maximum Gasteiger partial charge on any atom is 0.274 e. The Morgan fingerprint density at radius 2 is 1.84 bits per heavy atom. The van der Waals surface area contributed by atoms with Crippen LogP contribution in [0.1, 0.15) is 49.8 Å². The van der Waals surface area contributed by atoms with Crippen molar-refractivity contribution in [3.8, 4) is 0 Å². The minimum atomic E-state index is 0.0477. The van der Waals surface area contributed by atoms with E-state index in [1.165, 1.54) is 0 Å². The van der Waals surface area contributed by atoms with Crippen LogP contribution < -0.4 is 0 Å². The van der Waals surface area contributed by atoms with Crippen LogP contribution >= 0.6 is 0 Å². The van der Waals surface area contributed by atoms with Gasteiger partial charge in [-0.3, -0.25) is 14.8 Å². The molecule has 0 unspecified atom stereocenters. The number of hydrogen-bond donors (Lipinski definition) is 1. The molecule has 0 aromatic carbocycles. The molecule has 2 rings (SSSR count). The zero-order valence-electron chi connectivity index (χ0n) is 12.3. The van der Waals surface area contributed by atoms with Gasteiger partial charge in [0.15, 0.2) is 0 Å². The van der Waals surface area contributed by atoms with E-state index < -0.39 is 0 Å². The highest BCUT2D eigenvalue weighted by Crippen LogP contribution is 2.14. The normalized spacial score (nSPS) is 17.5. The number of piperazine rings is 1. The lowest BCUT2D eigenvalue weighted by Crippen LogP contribution is -2.50. The van der Waals surface area contributed by atoms with Gasteiger partial charge in [0.25, 0.3) is 5.91 Å². The molecule has 0 saturated carbocycles. The van der Waals surface area contributed by atoms with Crippen molar-refractivity contribution < 1.29 is 4.79 Å². The number of rotatable bonds is 3. The molecule has 0 spiro atoms. The Morgan fingerprint density at radius 1 is 1.21 bits per heavy atom. The highest BCUT2D eigenvalue weighted by molar-refractivity contribution is 5.92. The molecule has 0 radical (unpaired) electrons. The average Bonchev–Trinajstić information content (AvgIpc) is 2.87. The van der Waals surface area contributed by atoms with Crippen molar-refractivity contribution in [2.24, 2.45) is 0 Å². The highest BCUT2D eigenvalue weighted by atomic mass is 16.2. The van der Waals surface area contributed by atoms with Gasteiger partial charge in [-0.2, -0.15) is 5.10 Å². The second-order valence-electron chi connectivity index (χ2n) is 5.79. The molecule has 2 heterocycles. The van der Waals surface area contributed by atoms with E-state index >= 15 is 0 Å². The van der Waals surface area contributed by atoms with Crippen LogP contribution in [0.4, 0.5) is 0 Å². The number of amides is 1. The summed E-state index contributed by atoms with van der Waals surface area (Å²) < 4.78 is 0. The first-order valence-electron chi connectivity index (χ1n) is 7.07. The molecule has 1 aromatic rings. The number of nitrogens with one attached hydrogen (secondary N) is 1. The Hall–Kier alpha value is -1.36. The van der Waals surface area contributed by atoms with Gasteiger partial charge in [-0.15, -0.1) is 0 Å². The van der Waals surface area contributed by atoms with Crippen LogP contribution in [0.25, 0.3) is 0 Å². The van der Waals surface area contributed by atoms with Crippen molar-refractivity contribution in [2.75, 3.05) is 26.2 Å². The Kier molecular flexibility index (Phi) is 4.24. The van der Waals surface area contributed by atoms with Crippen LogP contribution in [0.5, 0.6) is 0 Å². The summed E-state index contributed by atoms with van der Waals surface area (Å²) in [6.45, 7) is 12.0. The third-order valence-corrected chi connectivity index (χ3v) is 3.77. The van der Waals surface area contributed by atoms with Gasteiger partial charge in [0.05, 0.1) is 0 Å². The number of H-pyrrole nitrogens is 1. The quantitative estimate of drug-likeness (QED) is 0.904. The van der Waals surface area contributed by atoms with Gasteiger partial charge in [0, 0.05) is 37.9 Å². The molecule has 5 heteroatoms. The fourth-order valence-corrected chi connectivity index (χ4v) is 2.35. The van der Waals surface area contributed by atoms with Crippen molar-refractivity contribution in [1.29, 1.82) is 0 Å². The van der Waals surface area contributed by atoms with E-state index in [1.807, 2.05) is 11.0 Å². The van der Waals surface area contributed by atoms with Crippen molar-refractivity contribution in [2.45, 2.75) is 39.7 Å². The van der Waals surface area contributed by atoms with Gasteiger partial charge in [0.1, 0.15) is 5.69 Å². The lowest BCUT2D eigenvalue weighted by Gasteiger charge is -2.36. The van der Waals surface area contributed by atoms with E-state index in [1.54, 1.807) is 0 Å². The van der Waals surface area contributed by atoms with E-state index in [9.17, 15) is 4.79 Å². The fourth-order valence-electron chi connectivity index (χ4n) is 2.35. The summed E-state index contributed by atoms with van der Waals surface area (Å²) in [4.78, 5) is 16.6. The molecule has 1 N–H and O–H groups in total. The average molecular weight is 264 g/mol. The monoisotopic (exact) mass is 264 g/mol. The lowest BCUT2D eigenvalue weighted by molar-refractivity contribution is 0.0590. The Balaban J connectivity index is 1.97. The van der Waals surface area contributed by atoms with Gasteiger partial charge in [0.2, 0.25) is 0 Å². The van der Waals surface area contributed by atoms with E-state index in [4.69, 9.17) is 0 Å². The molecular weight excluding hydrogens is 240 g/mol. The molecule has 0 atom stereocenters. The summed E-state index contributed by atoms with van der Waals surface area (Å²) in [6.07, 6.45) is 0. The highest BCUT2D eigenvalue weighted by Gasteiger charge is 2.24. The minimum absolute atomic E-state index is 0.0477. The molecule has 0 aliphatic carbocycles. The maximum atomic E-state index is 12.3. The van der Waals surface area contributed by atoms with Crippen LogP contribution in [0, 0.1) is 0 Å². The standard InChI is InChI=1S/C14H24N4O/c1-10(2)12-9-13(16-15-12)14(19)18-7-5-17(6-8-18)11(3)4/h9-11H,5-8H2,1-4H3,(H,15,16). The second-order valence-corrected chi connectivity index (χ2v) is 5.79. The number of nitrogens with zero attached hydrogens (tertiary/aromatic N) is 3. The first kappa shape index (κ1) is 14.1. The Bertz CT molecular complexity index is 430. The Morgan fingerprint density at radius 3 is 2.32 bits per heavy atom. The van der Waals surface area contributed by atoms with Gasteiger partial charge >= 0.3 is 0 Å².